The maximum absolute atomic E-state index is 11.0. The highest BCUT2D eigenvalue weighted by Gasteiger charge is 2.09. The molecule has 0 amide bonds. The Labute approximate surface area is 88.3 Å². The second-order valence-electron chi connectivity index (χ2n) is 2.91. The van der Waals surface area contributed by atoms with Crippen molar-refractivity contribution >= 4 is 12.0 Å². The molecule has 0 saturated heterocycles. The van der Waals surface area contributed by atoms with E-state index in [0.717, 1.165) is 11.8 Å². The van der Waals surface area contributed by atoms with Gasteiger partial charge in [0.1, 0.15) is 5.69 Å². The van der Waals surface area contributed by atoms with Crippen molar-refractivity contribution in [1.29, 1.82) is 0 Å². The van der Waals surface area contributed by atoms with E-state index in [2.05, 4.69) is 23.1 Å². The van der Waals surface area contributed by atoms with Gasteiger partial charge in [-0.15, -0.1) is 0 Å². The van der Waals surface area contributed by atoms with Crippen LogP contribution in [0.25, 0.3) is 6.08 Å². The molecule has 0 atom stereocenters. The number of ether oxygens (including phenoxy) is 1. The number of nitrogens with zero attached hydrogens (tertiary/aromatic N) is 2. The summed E-state index contributed by atoms with van der Waals surface area (Å²) in [6.45, 7) is 10.4. The minimum Gasteiger partial charge on any atom is -0.402 e. The lowest BCUT2D eigenvalue weighted by Gasteiger charge is -2.06. The molecule has 1 aromatic heterocycles. The third-order valence-electron chi connectivity index (χ3n) is 1.79. The molecule has 0 unspecified atom stereocenters. The second-order valence-corrected chi connectivity index (χ2v) is 2.91. The zero-order valence-electron chi connectivity index (χ0n) is 8.78. The van der Waals surface area contributed by atoms with E-state index in [4.69, 9.17) is 4.74 Å². The van der Waals surface area contributed by atoms with Crippen molar-refractivity contribution in [2.75, 3.05) is 0 Å². The van der Waals surface area contributed by atoms with Gasteiger partial charge in [0.15, 0.2) is 0 Å². The largest absolute Gasteiger partial charge is 0.402 e. The summed E-state index contributed by atoms with van der Waals surface area (Å²) in [6, 6.07) is 0. The molecule has 0 aromatic carbocycles. The third kappa shape index (κ3) is 2.49. The summed E-state index contributed by atoms with van der Waals surface area (Å²) in [7, 11) is 0. The van der Waals surface area contributed by atoms with Crippen LogP contribution in [-0.2, 0) is 4.79 Å². The Morgan fingerprint density at radius 1 is 1.27 bits per heavy atom. The minimum atomic E-state index is -0.550. The van der Waals surface area contributed by atoms with Crippen LogP contribution in [0.3, 0.4) is 0 Å². The van der Waals surface area contributed by atoms with Crippen LogP contribution in [0.15, 0.2) is 19.2 Å². The molecule has 1 rings (SSSR count). The lowest BCUT2D eigenvalue weighted by molar-refractivity contribution is -0.129. The average molecular weight is 204 g/mol. The third-order valence-corrected chi connectivity index (χ3v) is 1.79. The summed E-state index contributed by atoms with van der Waals surface area (Å²) < 4.78 is 4.91. The van der Waals surface area contributed by atoms with Crippen LogP contribution in [0.4, 0.5) is 0 Å². The number of rotatable bonds is 3. The van der Waals surface area contributed by atoms with Gasteiger partial charge in [-0.3, -0.25) is 4.98 Å². The Hall–Kier alpha value is -1.97. The van der Waals surface area contributed by atoms with E-state index < -0.39 is 5.97 Å². The highest BCUT2D eigenvalue weighted by Crippen LogP contribution is 2.15. The molecular formula is C11H12N2O2. The monoisotopic (exact) mass is 204 g/mol. The van der Waals surface area contributed by atoms with Crippen molar-refractivity contribution in [1.82, 2.24) is 9.97 Å². The normalized spacial score (nSPS) is 9.47. The Balaban J connectivity index is 3.12. The van der Waals surface area contributed by atoms with E-state index in [9.17, 15) is 4.79 Å². The molecule has 4 nitrogen and oxygen atoms in total. The van der Waals surface area contributed by atoms with Gasteiger partial charge in [-0.25, -0.2) is 9.78 Å². The first kappa shape index (κ1) is 11.1. The van der Waals surface area contributed by atoms with Crippen molar-refractivity contribution in [3.63, 3.8) is 0 Å². The number of carbonyl (C=O) groups is 1. The summed E-state index contributed by atoms with van der Waals surface area (Å²) >= 11 is 0. The molecule has 0 fully saturated rings. The highest BCUT2D eigenvalue weighted by molar-refractivity contribution is 5.83. The SMILES string of the molecule is C=CC(=O)Oc1nc(C=C)c(C)nc1C. The molecule has 15 heavy (non-hydrogen) atoms. The first-order valence-corrected chi connectivity index (χ1v) is 4.40. The first-order valence-electron chi connectivity index (χ1n) is 4.40. The van der Waals surface area contributed by atoms with Gasteiger partial charge in [-0.1, -0.05) is 13.2 Å². The molecular weight excluding hydrogens is 192 g/mol. The summed E-state index contributed by atoms with van der Waals surface area (Å²) in [5.41, 5.74) is 1.92. The number of hydrogen-bond acceptors (Lipinski definition) is 4. The number of aromatic nitrogens is 2. The van der Waals surface area contributed by atoms with Gasteiger partial charge in [-0.2, -0.15) is 0 Å². The summed E-state index contributed by atoms with van der Waals surface area (Å²) in [4.78, 5) is 19.3. The van der Waals surface area contributed by atoms with Crippen molar-refractivity contribution in [3.8, 4) is 5.88 Å². The Morgan fingerprint density at radius 2 is 1.93 bits per heavy atom. The Bertz CT molecular complexity index is 425. The van der Waals surface area contributed by atoms with E-state index in [1.165, 1.54) is 0 Å². The van der Waals surface area contributed by atoms with E-state index in [0.29, 0.717) is 11.4 Å². The maximum Gasteiger partial charge on any atom is 0.336 e. The van der Waals surface area contributed by atoms with Crippen molar-refractivity contribution in [2.45, 2.75) is 13.8 Å². The van der Waals surface area contributed by atoms with E-state index in [1.54, 1.807) is 13.0 Å². The smallest absolute Gasteiger partial charge is 0.336 e. The fourth-order valence-electron chi connectivity index (χ4n) is 1.05. The van der Waals surface area contributed by atoms with E-state index in [1.807, 2.05) is 6.92 Å². The van der Waals surface area contributed by atoms with Gasteiger partial charge in [0.25, 0.3) is 0 Å². The highest BCUT2D eigenvalue weighted by atomic mass is 16.5. The number of esters is 1. The van der Waals surface area contributed by atoms with Crippen LogP contribution < -0.4 is 4.74 Å². The zero-order valence-corrected chi connectivity index (χ0v) is 8.78. The molecule has 0 radical (unpaired) electrons. The van der Waals surface area contributed by atoms with Gasteiger partial charge in [0, 0.05) is 6.08 Å². The van der Waals surface area contributed by atoms with Gasteiger partial charge in [0.05, 0.1) is 11.4 Å². The molecule has 0 aliphatic carbocycles. The minimum absolute atomic E-state index is 0.195. The quantitative estimate of drug-likeness (QED) is 0.556. The zero-order chi connectivity index (χ0) is 11.4. The summed E-state index contributed by atoms with van der Waals surface area (Å²) in [6.07, 6.45) is 2.64. The molecule has 0 saturated carbocycles. The lowest BCUT2D eigenvalue weighted by atomic mass is 10.3. The van der Waals surface area contributed by atoms with Gasteiger partial charge in [-0.05, 0) is 19.9 Å². The molecule has 78 valence electrons. The average Bonchev–Trinajstić information content (AvgIpc) is 2.21. The van der Waals surface area contributed by atoms with Crippen LogP contribution >= 0.6 is 0 Å². The number of carbonyl (C=O) groups excluding carboxylic acids is 1. The fourth-order valence-corrected chi connectivity index (χ4v) is 1.05. The fraction of sp³-hybridized carbons (Fsp3) is 0.182. The van der Waals surface area contributed by atoms with Crippen molar-refractivity contribution in [2.24, 2.45) is 0 Å². The van der Waals surface area contributed by atoms with Crippen LogP contribution in [-0.4, -0.2) is 15.9 Å². The van der Waals surface area contributed by atoms with Crippen LogP contribution in [0.2, 0.25) is 0 Å². The molecule has 4 heteroatoms. The summed E-state index contributed by atoms with van der Waals surface area (Å²) in [5, 5.41) is 0. The lowest BCUT2D eigenvalue weighted by Crippen LogP contribution is -2.08. The molecule has 0 aliphatic heterocycles. The number of aryl methyl sites for hydroxylation is 2. The molecule has 0 aliphatic rings. The van der Waals surface area contributed by atoms with Gasteiger partial charge in [0.2, 0.25) is 5.88 Å². The predicted octanol–water partition coefficient (Wildman–Crippen LogP) is 1.83. The molecule has 1 aromatic rings. The molecule has 0 N–H and O–H groups in total. The van der Waals surface area contributed by atoms with Gasteiger partial charge < -0.3 is 4.74 Å². The molecule has 0 spiro atoms. The summed E-state index contributed by atoms with van der Waals surface area (Å²) in [5.74, 6) is -0.355. The Morgan fingerprint density at radius 3 is 2.47 bits per heavy atom. The predicted molar refractivity (Wildman–Crippen MR) is 57.4 cm³/mol. The first-order chi connectivity index (χ1) is 7.08. The van der Waals surface area contributed by atoms with Crippen LogP contribution in [0, 0.1) is 13.8 Å². The van der Waals surface area contributed by atoms with Gasteiger partial charge >= 0.3 is 5.97 Å². The second kappa shape index (κ2) is 4.50. The topological polar surface area (TPSA) is 52.1 Å². The van der Waals surface area contributed by atoms with Crippen LogP contribution in [0.5, 0.6) is 5.88 Å². The Kier molecular flexibility index (Phi) is 3.33. The molecule has 0 bridgehead atoms. The number of hydrogen-bond donors (Lipinski definition) is 0. The standard InChI is InChI=1S/C11H12N2O2/c1-5-9-7(3)12-8(4)11(13-9)15-10(14)6-2/h5-6H,1-2H2,3-4H3. The van der Waals surface area contributed by atoms with E-state index >= 15 is 0 Å². The molecule has 1 heterocycles. The van der Waals surface area contributed by atoms with Crippen molar-refractivity contribution in [3.05, 3.63) is 36.3 Å². The van der Waals surface area contributed by atoms with E-state index in [-0.39, 0.29) is 5.88 Å². The maximum atomic E-state index is 11.0. The van der Waals surface area contributed by atoms with Crippen molar-refractivity contribution < 1.29 is 9.53 Å². The van der Waals surface area contributed by atoms with Crippen LogP contribution in [0.1, 0.15) is 17.1 Å².